The van der Waals surface area contributed by atoms with Crippen molar-refractivity contribution in [2.24, 2.45) is 0 Å². The molecule has 2 aromatic rings. The number of nitrogens with one attached hydrogen (secondary N) is 1. The highest BCUT2D eigenvalue weighted by atomic mass is 16.7. The second-order valence-electron chi connectivity index (χ2n) is 5.65. The van der Waals surface area contributed by atoms with Gasteiger partial charge >= 0.3 is 5.97 Å². The first-order chi connectivity index (χ1) is 11.8. The number of hydroxylamine groups is 2. The number of piperazine rings is 1. The molecule has 5 nitrogen and oxygen atoms in total. The van der Waals surface area contributed by atoms with Crippen LogP contribution in [0.15, 0.2) is 60.7 Å². The lowest BCUT2D eigenvalue weighted by molar-refractivity contribution is -0.198. The van der Waals surface area contributed by atoms with Crippen molar-refractivity contribution in [2.75, 3.05) is 32.8 Å². The summed E-state index contributed by atoms with van der Waals surface area (Å²) in [5.41, 5.74) is 2.03. The van der Waals surface area contributed by atoms with E-state index in [9.17, 15) is 4.79 Å². The van der Waals surface area contributed by atoms with Gasteiger partial charge in [0.2, 0.25) is 0 Å². The number of nitrogens with zero attached hydrogens (tertiary/aromatic N) is 1. The van der Waals surface area contributed by atoms with Crippen LogP contribution >= 0.6 is 0 Å². The Bertz CT molecular complexity index is 588. The minimum atomic E-state index is -0.367. The molecule has 0 atom stereocenters. The standard InChI is InChI=1S/C19H22N2O3/c22-18(24-21-13-11-20-12-14-21)15-23-19(16-7-3-1-4-8-16)17-9-5-2-6-10-17/h1-10,19-20H,11-15H2. The molecule has 0 aromatic heterocycles. The molecular weight excluding hydrogens is 304 g/mol. The first-order valence-corrected chi connectivity index (χ1v) is 8.21. The van der Waals surface area contributed by atoms with Gasteiger partial charge in [0.25, 0.3) is 0 Å². The molecule has 0 saturated carbocycles. The van der Waals surface area contributed by atoms with E-state index in [2.05, 4.69) is 5.32 Å². The topological polar surface area (TPSA) is 50.8 Å². The van der Waals surface area contributed by atoms with Crippen LogP contribution in [0.5, 0.6) is 0 Å². The molecule has 1 N–H and O–H groups in total. The van der Waals surface area contributed by atoms with Crippen molar-refractivity contribution in [1.82, 2.24) is 10.4 Å². The van der Waals surface area contributed by atoms with Crippen molar-refractivity contribution in [1.29, 1.82) is 0 Å². The van der Waals surface area contributed by atoms with E-state index >= 15 is 0 Å². The highest BCUT2D eigenvalue weighted by molar-refractivity contribution is 5.70. The first-order valence-electron chi connectivity index (χ1n) is 8.21. The molecule has 1 heterocycles. The molecule has 1 fully saturated rings. The molecule has 0 bridgehead atoms. The van der Waals surface area contributed by atoms with Crippen LogP contribution in [0.2, 0.25) is 0 Å². The van der Waals surface area contributed by atoms with Crippen LogP contribution in [0.25, 0.3) is 0 Å². The Balaban J connectivity index is 1.63. The van der Waals surface area contributed by atoms with Crippen LogP contribution in [0.1, 0.15) is 17.2 Å². The van der Waals surface area contributed by atoms with Gasteiger partial charge in [0.05, 0.1) is 0 Å². The smallest absolute Gasteiger partial charge is 0.350 e. The van der Waals surface area contributed by atoms with Crippen LogP contribution in [0.4, 0.5) is 0 Å². The van der Waals surface area contributed by atoms with Crippen molar-refractivity contribution in [2.45, 2.75) is 6.10 Å². The molecule has 24 heavy (non-hydrogen) atoms. The molecular formula is C19H22N2O3. The van der Waals surface area contributed by atoms with Gasteiger partial charge in [0.15, 0.2) is 0 Å². The van der Waals surface area contributed by atoms with Crippen molar-refractivity contribution in [3.63, 3.8) is 0 Å². The van der Waals surface area contributed by atoms with Gasteiger partial charge in [-0.3, -0.25) is 0 Å². The molecule has 0 unspecified atom stereocenters. The van der Waals surface area contributed by atoms with E-state index in [0.29, 0.717) is 13.1 Å². The number of carbonyl (C=O) groups excluding carboxylic acids is 1. The van der Waals surface area contributed by atoms with Gasteiger partial charge in [-0.1, -0.05) is 60.7 Å². The number of hydrogen-bond donors (Lipinski definition) is 1. The normalized spacial score (nSPS) is 15.4. The summed E-state index contributed by atoms with van der Waals surface area (Å²) in [4.78, 5) is 17.4. The summed E-state index contributed by atoms with van der Waals surface area (Å²) < 4.78 is 5.90. The Hall–Kier alpha value is -2.21. The van der Waals surface area contributed by atoms with Crippen molar-refractivity contribution < 1.29 is 14.4 Å². The van der Waals surface area contributed by atoms with Gasteiger partial charge in [-0.2, -0.15) is 0 Å². The molecule has 2 aromatic carbocycles. The summed E-state index contributed by atoms with van der Waals surface area (Å²) in [6, 6.07) is 19.8. The average Bonchev–Trinajstić information content (AvgIpc) is 2.64. The number of rotatable bonds is 6. The zero-order chi connectivity index (χ0) is 16.6. The van der Waals surface area contributed by atoms with E-state index in [0.717, 1.165) is 24.2 Å². The molecule has 0 amide bonds. The minimum absolute atomic E-state index is 0.0849. The van der Waals surface area contributed by atoms with Gasteiger partial charge in [-0.15, -0.1) is 5.06 Å². The van der Waals surface area contributed by atoms with Crippen LogP contribution in [-0.4, -0.2) is 43.8 Å². The van der Waals surface area contributed by atoms with Crippen LogP contribution < -0.4 is 5.32 Å². The minimum Gasteiger partial charge on any atom is -0.366 e. The van der Waals surface area contributed by atoms with Gasteiger partial charge in [-0.25, -0.2) is 4.79 Å². The first kappa shape index (κ1) is 16.6. The largest absolute Gasteiger partial charge is 0.366 e. The quantitative estimate of drug-likeness (QED) is 0.881. The summed E-state index contributed by atoms with van der Waals surface area (Å²) in [6.45, 7) is 2.97. The summed E-state index contributed by atoms with van der Waals surface area (Å²) in [7, 11) is 0. The number of ether oxygens (including phenoxy) is 1. The monoisotopic (exact) mass is 326 g/mol. The van der Waals surface area contributed by atoms with E-state index in [1.165, 1.54) is 0 Å². The second-order valence-corrected chi connectivity index (χ2v) is 5.65. The zero-order valence-corrected chi connectivity index (χ0v) is 13.6. The maximum absolute atomic E-state index is 12.1. The lowest BCUT2D eigenvalue weighted by Crippen LogP contribution is -2.44. The van der Waals surface area contributed by atoms with E-state index < -0.39 is 0 Å². The Morgan fingerprint density at radius 1 is 0.958 bits per heavy atom. The van der Waals surface area contributed by atoms with Crippen molar-refractivity contribution >= 4 is 5.97 Å². The maximum Gasteiger partial charge on any atom is 0.350 e. The molecule has 1 saturated heterocycles. The van der Waals surface area contributed by atoms with E-state index in [4.69, 9.17) is 9.57 Å². The third-order valence-corrected chi connectivity index (χ3v) is 3.88. The third kappa shape index (κ3) is 4.64. The van der Waals surface area contributed by atoms with Crippen molar-refractivity contribution in [3.8, 4) is 0 Å². The molecule has 1 aliphatic rings. The highest BCUT2D eigenvalue weighted by Crippen LogP contribution is 2.25. The molecule has 5 heteroatoms. The molecule has 0 radical (unpaired) electrons. The average molecular weight is 326 g/mol. The van der Waals surface area contributed by atoms with Crippen molar-refractivity contribution in [3.05, 3.63) is 71.8 Å². The van der Waals surface area contributed by atoms with Crippen LogP contribution in [0.3, 0.4) is 0 Å². The van der Waals surface area contributed by atoms with E-state index in [-0.39, 0.29) is 18.7 Å². The number of hydrogen-bond acceptors (Lipinski definition) is 5. The highest BCUT2D eigenvalue weighted by Gasteiger charge is 2.19. The Labute approximate surface area is 142 Å². The second kappa shape index (κ2) is 8.59. The Kier molecular flexibility index (Phi) is 5.96. The zero-order valence-electron chi connectivity index (χ0n) is 13.6. The van der Waals surface area contributed by atoms with E-state index in [1.807, 2.05) is 60.7 Å². The molecule has 3 rings (SSSR count). The van der Waals surface area contributed by atoms with Gasteiger partial charge in [0.1, 0.15) is 12.7 Å². The SMILES string of the molecule is O=C(COC(c1ccccc1)c1ccccc1)ON1CCNCC1. The van der Waals surface area contributed by atoms with Gasteiger partial charge in [-0.05, 0) is 11.1 Å². The lowest BCUT2D eigenvalue weighted by atomic mass is 10.0. The van der Waals surface area contributed by atoms with Crippen LogP contribution in [0, 0.1) is 0 Å². The Morgan fingerprint density at radius 2 is 1.50 bits per heavy atom. The number of benzene rings is 2. The molecule has 126 valence electrons. The third-order valence-electron chi connectivity index (χ3n) is 3.88. The Morgan fingerprint density at radius 3 is 2.04 bits per heavy atom. The van der Waals surface area contributed by atoms with Crippen LogP contribution in [-0.2, 0) is 14.4 Å². The fourth-order valence-corrected chi connectivity index (χ4v) is 2.70. The molecule has 0 spiro atoms. The van der Waals surface area contributed by atoms with Gasteiger partial charge < -0.3 is 14.9 Å². The predicted molar refractivity (Wildman–Crippen MR) is 91.2 cm³/mol. The fraction of sp³-hybridized carbons (Fsp3) is 0.316. The summed E-state index contributed by atoms with van der Waals surface area (Å²) in [6.07, 6.45) is -0.289. The predicted octanol–water partition coefficient (Wildman–Crippen LogP) is 2.16. The summed E-state index contributed by atoms with van der Waals surface area (Å²) in [5, 5.41) is 4.90. The lowest BCUT2D eigenvalue weighted by Gasteiger charge is -2.26. The summed E-state index contributed by atoms with van der Waals surface area (Å²) >= 11 is 0. The van der Waals surface area contributed by atoms with Gasteiger partial charge in [0, 0.05) is 26.2 Å². The maximum atomic E-state index is 12.1. The molecule has 1 aliphatic heterocycles. The summed E-state index contributed by atoms with van der Waals surface area (Å²) in [5.74, 6) is -0.367. The number of carbonyl (C=O) groups is 1. The fourth-order valence-electron chi connectivity index (χ4n) is 2.70. The molecule has 0 aliphatic carbocycles. The van der Waals surface area contributed by atoms with E-state index in [1.54, 1.807) is 5.06 Å².